The summed E-state index contributed by atoms with van der Waals surface area (Å²) in [6.45, 7) is 2.72. The summed E-state index contributed by atoms with van der Waals surface area (Å²) in [5.41, 5.74) is 4.20. The maximum Gasteiger partial charge on any atom is 0.407 e. The maximum absolute atomic E-state index is 13.2. The molecule has 0 saturated carbocycles. The van der Waals surface area contributed by atoms with Crippen molar-refractivity contribution in [1.29, 1.82) is 0 Å². The molecule has 5 aromatic rings. The Bertz CT molecular complexity index is 1740. The van der Waals surface area contributed by atoms with Crippen LogP contribution in [0.3, 0.4) is 0 Å². The highest BCUT2D eigenvalue weighted by atomic mass is 32.2. The molecule has 10 nitrogen and oxygen atoms in total. The van der Waals surface area contributed by atoms with Crippen molar-refractivity contribution in [2.24, 2.45) is 0 Å². The Morgan fingerprint density at radius 1 is 1.03 bits per heavy atom. The van der Waals surface area contributed by atoms with Crippen LogP contribution in [0.1, 0.15) is 12.0 Å². The second-order valence-corrected chi connectivity index (χ2v) is 10.8. The van der Waals surface area contributed by atoms with Gasteiger partial charge in [0.05, 0.1) is 34.4 Å². The van der Waals surface area contributed by atoms with E-state index >= 15 is 0 Å². The number of benzene rings is 2. The molecular weight excluding hydrogens is 494 g/mol. The molecule has 1 saturated heterocycles. The van der Waals surface area contributed by atoms with Gasteiger partial charge in [-0.05, 0) is 49.4 Å². The van der Waals surface area contributed by atoms with Crippen molar-refractivity contribution in [1.82, 2.24) is 23.2 Å². The summed E-state index contributed by atoms with van der Waals surface area (Å²) in [4.78, 5) is 21.7. The zero-order valence-corrected chi connectivity index (χ0v) is 20.7. The molecule has 0 radical (unpaired) electrons. The SMILES string of the molecule is Cc1ccc(S(=O)(=O)n2ccc3c2ncc2c(-c4ccc(OC5CCN(C(=O)O)C5)cc4)ncn23)cc1. The molecule has 0 spiro atoms. The van der Waals surface area contributed by atoms with Crippen LogP contribution in [0.4, 0.5) is 4.79 Å². The summed E-state index contributed by atoms with van der Waals surface area (Å²) >= 11 is 0. The molecular formula is C26H23N5O5S. The summed E-state index contributed by atoms with van der Waals surface area (Å²) < 4.78 is 35.4. The van der Waals surface area contributed by atoms with E-state index in [1.165, 1.54) is 15.1 Å². The summed E-state index contributed by atoms with van der Waals surface area (Å²) in [5, 5.41) is 9.12. The molecule has 37 heavy (non-hydrogen) atoms. The third-order valence-corrected chi connectivity index (χ3v) is 8.28. The van der Waals surface area contributed by atoms with Crippen LogP contribution in [0.2, 0.25) is 0 Å². The number of hydrogen-bond donors (Lipinski definition) is 1. The number of carboxylic acid groups (broad SMARTS) is 1. The molecule has 1 amide bonds. The predicted octanol–water partition coefficient (Wildman–Crippen LogP) is 4.03. The molecule has 1 unspecified atom stereocenters. The Kier molecular flexibility index (Phi) is 5.37. The van der Waals surface area contributed by atoms with Gasteiger partial charge in [0.15, 0.2) is 5.65 Å². The maximum atomic E-state index is 13.2. The summed E-state index contributed by atoms with van der Waals surface area (Å²) in [5.74, 6) is 0.656. The van der Waals surface area contributed by atoms with Gasteiger partial charge in [0.2, 0.25) is 0 Å². The molecule has 4 heterocycles. The van der Waals surface area contributed by atoms with Gasteiger partial charge in [-0.2, -0.15) is 0 Å². The molecule has 3 aromatic heterocycles. The van der Waals surface area contributed by atoms with E-state index in [1.54, 1.807) is 42.9 Å². The lowest BCUT2D eigenvalue weighted by molar-refractivity contribution is 0.145. The van der Waals surface area contributed by atoms with Gasteiger partial charge in [-0.15, -0.1) is 0 Å². The third kappa shape index (κ3) is 3.97. The lowest BCUT2D eigenvalue weighted by Crippen LogP contribution is -2.29. The highest BCUT2D eigenvalue weighted by molar-refractivity contribution is 7.90. The van der Waals surface area contributed by atoms with E-state index in [-0.39, 0.29) is 11.0 Å². The Labute approximate surface area is 212 Å². The number of carbonyl (C=O) groups is 1. The minimum absolute atomic E-state index is 0.173. The van der Waals surface area contributed by atoms with Gasteiger partial charge in [0.1, 0.15) is 18.2 Å². The molecule has 1 N–H and O–H groups in total. The van der Waals surface area contributed by atoms with Gasteiger partial charge in [0, 0.05) is 24.7 Å². The molecule has 1 fully saturated rings. The Morgan fingerprint density at radius 2 is 1.78 bits per heavy atom. The van der Waals surface area contributed by atoms with E-state index in [1.807, 2.05) is 35.6 Å². The van der Waals surface area contributed by atoms with Gasteiger partial charge in [-0.3, -0.25) is 4.40 Å². The first kappa shape index (κ1) is 23.0. The number of hydrogen-bond acceptors (Lipinski definition) is 6. The first-order valence-electron chi connectivity index (χ1n) is 11.7. The largest absolute Gasteiger partial charge is 0.489 e. The van der Waals surface area contributed by atoms with E-state index in [9.17, 15) is 13.2 Å². The van der Waals surface area contributed by atoms with Crippen LogP contribution >= 0.6 is 0 Å². The zero-order valence-electron chi connectivity index (χ0n) is 19.9. The molecule has 0 bridgehead atoms. The first-order valence-corrected chi connectivity index (χ1v) is 13.2. The van der Waals surface area contributed by atoms with Crippen LogP contribution in [0.5, 0.6) is 5.75 Å². The number of aromatic nitrogens is 4. The predicted molar refractivity (Wildman–Crippen MR) is 136 cm³/mol. The lowest BCUT2D eigenvalue weighted by Gasteiger charge is -2.14. The number of fused-ring (bicyclic) bond motifs is 3. The zero-order chi connectivity index (χ0) is 25.7. The molecule has 1 aliphatic rings. The standard InChI is InChI=1S/C26H23N5O5S/c1-17-2-8-21(9-3-17)37(34,35)31-13-11-22-25(31)27-14-23-24(28-16-30(22)23)18-4-6-19(7-5-18)36-20-10-12-29(15-20)26(32)33/h2-9,11,13-14,16,20H,10,12,15H2,1H3,(H,32,33). The van der Waals surface area contributed by atoms with Crippen molar-refractivity contribution in [2.45, 2.75) is 24.3 Å². The highest BCUT2D eigenvalue weighted by Gasteiger charge is 2.27. The quantitative estimate of drug-likeness (QED) is 0.374. The van der Waals surface area contributed by atoms with Crippen LogP contribution in [-0.2, 0) is 10.0 Å². The van der Waals surface area contributed by atoms with Crippen molar-refractivity contribution >= 4 is 32.8 Å². The second-order valence-electron chi connectivity index (χ2n) is 9.03. The van der Waals surface area contributed by atoms with E-state index in [0.717, 1.165) is 16.6 Å². The number of nitrogens with zero attached hydrogens (tertiary/aromatic N) is 5. The van der Waals surface area contributed by atoms with E-state index in [0.29, 0.717) is 42.1 Å². The average Bonchev–Trinajstić information content (AvgIpc) is 3.63. The van der Waals surface area contributed by atoms with Gasteiger partial charge in [0.25, 0.3) is 10.0 Å². The Hall–Kier alpha value is -4.38. The normalized spacial score (nSPS) is 16.0. The first-order chi connectivity index (χ1) is 17.8. The van der Waals surface area contributed by atoms with Gasteiger partial charge in [-0.25, -0.2) is 27.2 Å². The fourth-order valence-electron chi connectivity index (χ4n) is 4.63. The fraction of sp³-hybridized carbons (Fsp3) is 0.192. The highest BCUT2D eigenvalue weighted by Crippen LogP contribution is 2.29. The van der Waals surface area contributed by atoms with Crippen LogP contribution in [0.25, 0.3) is 27.9 Å². The van der Waals surface area contributed by atoms with Crippen molar-refractivity contribution in [3.63, 3.8) is 0 Å². The summed E-state index contributed by atoms with van der Waals surface area (Å²) in [6.07, 6.45) is 4.33. The number of likely N-dealkylation sites (tertiary alicyclic amines) is 1. The Morgan fingerprint density at radius 3 is 2.49 bits per heavy atom. The van der Waals surface area contributed by atoms with Crippen LogP contribution in [0, 0.1) is 6.92 Å². The average molecular weight is 518 g/mol. The van der Waals surface area contributed by atoms with Gasteiger partial charge in [-0.1, -0.05) is 17.7 Å². The Balaban J connectivity index is 1.29. The fourth-order valence-corrected chi connectivity index (χ4v) is 5.92. The number of imidazole rings is 1. The number of ether oxygens (including phenoxy) is 1. The number of amides is 1. The van der Waals surface area contributed by atoms with Crippen LogP contribution in [-0.4, -0.2) is 62.1 Å². The van der Waals surface area contributed by atoms with E-state index in [4.69, 9.17) is 9.84 Å². The molecule has 1 atom stereocenters. The van der Waals surface area contributed by atoms with Crippen molar-refractivity contribution in [3.8, 4) is 17.0 Å². The van der Waals surface area contributed by atoms with Gasteiger partial charge >= 0.3 is 6.09 Å². The van der Waals surface area contributed by atoms with E-state index in [2.05, 4.69) is 9.97 Å². The smallest absolute Gasteiger partial charge is 0.407 e. The van der Waals surface area contributed by atoms with E-state index < -0.39 is 16.1 Å². The molecule has 188 valence electrons. The van der Waals surface area contributed by atoms with Crippen molar-refractivity contribution in [2.75, 3.05) is 13.1 Å². The van der Waals surface area contributed by atoms with Crippen LogP contribution in [0.15, 0.2) is 78.2 Å². The number of rotatable bonds is 5. The minimum atomic E-state index is -3.81. The van der Waals surface area contributed by atoms with Gasteiger partial charge < -0.3 is 14.7 Å². The lowest BCUT2D eigenvalue weighted by atomic mass is 10.1. The summed E-state index contributed by atoms with van der Waals surface area (Å²) in [6, 6.07) is 15.9. The molecule has 1 aliphatic heterocycles. The topological polar surface area (TPSA) is 119 Å². The van der Waals surface area contributed by atoms with Crippen LogP contribution < -0.4 is 4.74 Å². The summed E-state index contributed by atoms with van der Waals surface area (Å²) in [7, 11) is -3.81. The molecule has 2 aromatic carbocycles. The monoisotopic (exact) mass is 517 g/mol. The van der Waals surface area contributed by atoms with Crippen molar-refractivity contribution in [3.05, 3.63) is 78.9 Å². The molecule has 6 rings (SSSR count). The molecule has 0 aliphatic carbocycles. The van der Waals surface area contributed by atoms with Crippen molar-refractivity contribution < 1.29 is 23.1 Å². The second kappa shape index (κ2) is 8.63. The third-order valence-electron chi connectivity index (χ3n) is 6.60. The number of aryl methyl sites for hydroxylation is 1. The molecule has 11 heteroatoms. The minimum Gasteiger partial charge on any atom is -0.489 e.